The number of carbonyl (C=O) groups is 2. The van der Waals surface area contributed by atoms with E-state index in [-0.39, 0.29) is 29.2 Å². The lowest BCUT2D eigenvalue weighted by Gasteiger charge is -2.12. The zero-order valence-corrected chi connectivity index (χ0v) is 20.2. The molecule has 0 radical (unpaired) electrons. The van der Waals surface area contributed by atoms with E-state index in [1.165, 1.54) is 19.2 Å². The van der Waals surface area contributed by atoms with E-state index < -0.39 is 11.7 Å². The lowest BCUT2D eigenvalue weighted by Crippen LogP contribution is -2.17. The quantitative estimate of drug-likeness (QED) is 0.178. The number of aliphatic imine (C=N–C) groups is 1. The molecule has 0 saturated carbocycles. The number of methoxy groups -OCH3 is 1. The van der Waals surface area contributed by atoms with Gasteiger partial charge in [-0.15, -0.1) is 0 Å². The number of nitrogens with zero attached hydrogens (tertiary/aromatic N) is 1. The first-order chi connectivity index (χ1) is 16.7. The molecule has 0 fully saturated rings. The maximum atomic E-state index is 14.6. The number of hydrogen-bond acceptors (Lipinski definition) is 3. The number of amidine groups is 1. The number of carbonyl (C=O) groups excluding carboxylic acids is 2. The lowest BCUT2D eigenvalue weighted by molar-refractivity contribution is 0.0970. The molecular weight excluding hydrogens is 443 g/mol. The molecule has 6 heteroatoms. The Morgan fingerprint density at radius 3 is 2.37 bits per heavy atom. The minimum Gasteiger partial charge on any atom is -0.502 e. The molecule has 5 nitrogen and oxygen atoms in total. The Morgan fingerprint density at radius 2 is 1.71 bits per heavy atom. The van der Waals surface area contributed by atoms with E-state index in [0.29, 0.717) is 17.7 Å². The molecule has 3 rings (SSSR count). The average Bonchev–Trinajstić information content (AvgIpc) is 2.86. The van der Waals surface area contributed by atoms with Crippen molar-refractivity contribution in [2.45, 2.75) is 33.1 Å². The van der Waals surface area contributed by atoms with Crippen LogP contribution in [0.1, 0.15) is 57.2 Å². The molecule has 0 aliphatic carbocycles. The van der Waals surface area contributed by atoms with Crippen molar-refractivity contribution in [3.05, 3.63) is 107 Å². The van der Waals surface area contributed by atoms with Crippen LogP contribution in [0.25, 0.3) is 11.1 Å². The SMILES string of the molecule is C=C(CCC(=O)c1ccc(C(N)=NC(=O)c2ccc(-c3ccccc3C)c(CC)c2)cc1F)OC. The van der Waals surface area contributed by atoms with Gasteiger partial charge in [-0.2, -0.15) is 4.99 Å². The summed E-state index contributed by atoms with van der Waals surface area (Å²) < 4.78 is 19.5. The lowest BCUT2D eigenvalue weighted by atomic mass is 9.93. The van der Waals surface area contributed by atoms with Crippen molar-refractivity contribution in [1.82, 2.24) is 0 Å². The first-order valence-corrected chi connectivity index (χ1v) is 11.4. The molecule has 3 aromatic rings. The Morgan fingerprint density at radius 1 is 1.00 bits per heavy atom. The summed E-state index contributed by atoms with van der Waals surface area (Å²) in [4.78, 5) is 29.1. The zero-order chi connectivity index (χ0) is 25.5. The molecule has 1 amide bonds. The number of aryl methyl sites for hydroxylation is 2. The van der Waals surface area contributed by atoms with Gasteiger partial charge in [0.25, 0.3) is 5.91 Å². The number of ether oxygens (including phenoxy) is 1. The minimum absolute atomic E-state index is 0.0591. The van der Waals surface area contributed by atoms with E-state index in [2.05, 4.69) is 17.6 Å². The van der Waals surface area contributed by atoms with Gasteiger partial charge in [-0.25, -0.2) is 4.39 Å². The van der Waals surface area contributed by atoms with Crippen LogP contribution in [0.5, 0.6) is 0 Å². The first kappa shape index (κ1) is 25.6. The zero-order valence-electron chi connectivity index (χ0n) is 20.2. The number of nitrogens with two attached hydrogens (primary N) is 1. The Hall–Kier alpha value is -4.06. The van der Waals surface area contributed by atoms with E-state index >= 15 is 0 Å². The molecule has 0 atom stereocenters. The number of Topliss-reactive ketones (excluding diaryl/α,β-unsaturated/α-hetero) is 1. The molecule has 2 N–H and O–H groups in total. The predicted molar refractivity (Wildman–Crippen MR) is 137 cm³/mol. The third-order valence-electron chi connectivity index (χ3n) is 5.88. The molecule has 35 heavy (non-hydrogen) atoms. The summed E-state index contributed by atoms with van der Waals surface area (Å²) in [6.07, 6.45) is 1.11. The van der Waals surface area contributed by atoms with Crippen LogP contribution in [0.2, 0.25) is 0 Å². The molecule has 0 unspecified atom stereocenters. The van der Waals surface area contributed by atoms with Crippen LogP contribution >= 0.6 is 0 Å². The predicted octanol–water partition coefficient (Wildman–Crippen LogP) is 6.03. The van der Waals surface area contributed by atoms with Gasteiger partial charge in [0.15, 0.2) is 5.78 Å². The fourth-order valence-electron chi connectivity index (χ4n) is 3.79. The maximum Gasteiger partial charge on any atom is 0.278 e. The molecule has 0 aliphatic rings. The van der Waals surface area contributed by atoms with Crippen LogP contribution in [0.4, 0.5) is 4.39 Å². The number of amides is 1. The van der Waals surface area contributed by atoms with Crippen LogP contribution in [0.3, 0.4) is 0 Å². The topological polar surface area (TPSA) is 81.8 Å². The molecule has 0 heterocycles. The fourth-order valence-corrected chi connectivity index (χ4v) is 3.79. The summed E-state index contributed by atoms with van der Waals surface area (Å²) >= 11 is 0. The highest BCUT2D eigenvalue weighted by Crippen LogP contribution is 2.28. The number of allylic oxidation sites excluding steroid dienone is 1. The average molecular weight is 473 g/mol. The second-order valence-corrected chi connectivity index (χ2v) is 8.20. The van der Waals surface area contributed by atoms with Gasteiger partial charge in [-0.05, 0) is 59.9 Å². The van der Waals surface area contributed by atoms with Gasteiger partial charge in [0.05, 0.1) is 18.4 Å². The van der Waals surface area contributed by atoms with Gasteiger partial charge < -0.3 is 10.5 Å². The fraction of sp³-hybridized carbons (Fsp3) is 0.207. The largest absolute Gasteiger partial charge is 0.502 e. The number of hydrogen-bond donors (Lipinski definition) is 1. The van der Waals surface area contributed by atoms with Crippen molar-refractivity contribution in [2.24, 2.45) is 10.7 Å². The second-order valence-electron chi connectivity index (χ2n) is 8.20. The summed E-state index contributed by atoms with van der Waals surface area (Å²) in [6.45, 7) is 7.73. The van der Waals surface area contributed by atoms with Crippen molar-refractivity contribution in [2.75, 3.05) is 7.11 Å². The highest BCUT2D eigenvalue weighted by molar-refractivity contribution is 6.09. The summed E-state index contributed by atoms with van der Waals surface area (Å²) in [6, 6.07) is 17.5. The molecule has 0 aromatic heterocycles. The molecule has 0 aliphatic heterocycles. The smallest absolute Gasteiger partial charge is 0.278 e. The van der Waals surface area contributed by atoms with E-state index in [9.17, 15) is 14.0 Å². The van der Waals surface area contributed by atoms with Gasteiger partial charge in [0.2, 0.25) is 0 Å². The summed E-state index contributed by atoms with van der Waals surface area (Å²) in [5, 5.41) is 0. The monoisotopic (exact) mass is 472 g/mol. The van der Waals surface area contributed by atoms with E-state index in [1.54, 1.807) is 6.07 Å². The summed E-state index contributed by atoms with van der Waals surface area (Å²) in [5.74, 6) is -1.30. The normalized spacial score (nSPS) is 11.3. The van der Waals surface area contributed by atoms with E-state index in [1.807, 2.05) is 44.2 Å². The highest BCUT2D eigenvalue weighted by atomic mass is 19.1. The van der Waals surface area contributed by atoms with Gasteiger partial charge in [-0.1, -0.05) is 49.9 Å². The van der Waals surface area contributed by atoms with Crippen LogP contribution in [0, 0.1) is 12.7 Å². The van der Waals surface area contributed by atoms with Crippen LogP contribution < -0.4 is 5.73 Å². The molecular formula is C29H29FN2O3. The van der Waals surface area contributed by atoms with Gasteiger partial charge >= 0.3 is 0 Å². The maximum absolute atomic E-state index is 14.6. The first-order valence-electron chi connectivity index (χ1n) is 11.4. The Balaban J connectivity index is 1.81. The number of rotatable bonds is 9. The van der Waals surface area contributed by atoms with Crippen molar-refractivity contribution in [3.63, 3.8) is 0 Å². The second kappa shape index (κ2) is 11.4. The molecule has 0 spiro atoms. The number of halogens is 1. The van der Waals surface area contributed by atoms with Gasteiger partial charge in [-0.3, -0.25) is 9.59 Å². The van der Waals surface area contributed by atoms with Gasteiger partial charge in [0.1, 0.15) is 11.7 Å². The van der Waals surface area contributed by atoms with E-state index in [0.717, 1.165) is 34.7 Å². The van der Waals surface area contributed by atoms with Crippen molar-refractivity contribution >= 4 is 17.5 Å². The number of benzene rings is 3. The Kier molecular flexibility index (Phi) is 8.31. The van der Waals surface area contributed by atoms with Crippen LogP contribution in [-0.2, 0) is 11.2 Å². The Bertz CT molecular complexity index is 1310. The van der Waals surface area contributed by atoms with Crippen molar-refractivity contribution in [3.8, 4) is 11.1 Å². The molecule has 3 aromatic carbocycles. The summed E-state index contributed by atoms with van der Waals surface area (Å²) in [7, 11) is 1.47. The molecule has 180 valence electrons. The molecule has 0 saturated heterocycles. The highest BCUT2D eigenvalue weighted by Gasteiger charge is 2.16. The molecule has 0 bridgehead atoms. The van der Waals surface area contributed by atoms with Gasteiger partial charge in [0, 0.05) is 24.0 Å². The van der Waals surface area contributed by atoms with E-state index in [4.69, 9.17) is 10.5 Å². The van der Waals surface area contributed by atoms with Crippen LogP contribution in [0.15, 0.2) is 78.0 Å². The van der Waals surface area contributed by atoms with Crippen LogP contribution in [-0.4, -0.2) is 24.6 Å². The van der Waals surface area contributed by atoms with Crippen molar-refractivity contribution in [1.29, 1.82) is 0 Å². The minimum atomic E-state index is -0.725. The summed E-state index contributed by atoms with van der Waals surface area (Å²) in [5.41, 5.74) is 10.9. The standard InChI is InChI=1S/C29H29FN2O3/c1-5-20-16-22(12-13-24(20)23-9-7-6-8-18(23)2)29(34)32-28(31)21-11-14-25(26(30)17-21)27(33)15-10-19(3)35-4/h6-9,11-14,16-17H,3,5,10,15H2,1-2,4H3,(H2,31,32,34). The van der Waals surface area contributed by atoms with Crippen molar-refractivity contribution < 1.29 is 18.7 Å². The third-order valence-corrected chi connectivity index (χ3v) is 5.88. The third kappa shape index (κ3) is 6.09. The number of ketones is 1. The Labute approximate surface area is 205 Å².